The topological polar surface area (TPSA) is 88.2 Å². The minimum Gasteiger partial charge on any atom is -0.283 e. The Kier molecular flexibility index (Phi) is 4.84. The Hall–Kier alpha value is -2.22. The quantitative estimate of drug-likeness (QED) is 0.483. The van der Waals surface area contributed by atoms with E-state index in [1.165, 1.54) is 30.1 Å². The molecule has 7 nitrogen and oxygen atoms in total. The molecule has 0 aromatic heterocycles. The largest absolute Gasteiger partial charge is 0.283 e. The van der Waals surface area contributed by atoms with Crippen molar-refractivity contribution >= 4 is 34.7 Å². The van der Waals surface area contributed by atoms with E-state index in [1.807, 2.05) is 27.7 Å². The third-order valence-electron chi connectivity index (χ3n) is 3.14. The standard InChI is InChI=1S/C15H18N4O3S/c1-10-13(20)18(15(2,3)4)14(23-10)17-16-9-11-6-5-7-12(8-11)19(21)22/h5-10H,1-4H3. The van der Waals surface area contributed by atoms with E-state index in [1.54, 1.807) is 17.0 Å². The predicted molar refractivity (Wildman–Crippen MR) is 91.8 cm³/mol. The number of benzene rings is 1. The molecule has 0 spiro atoms. The summed E-state index contributed by atoms with van der Waals surface area (Å²) in [5.41, 5.74) is 0.194. The number of nitro groups is 1. The Bertz CT molecular complexity index is 694. The highest BCUT2D eigenvalue weighted by Gasteiger charge is 2.41. The Balaban J connectivity index is 2.23. The van der Waals surface area contributed by atoms with E-state index in [9.17, 15) is 14.9 Å². The van der Waals surface area contributed by atoms with E-state index >= 15 is 0 Å². The molecule has 0 N–H and O–H groups in total. The molecular formula is C15H18N4O3S. The van der Waals surface area contributed by atoms with Crippen molar-refractivity contribution in [1.29, 1.82) is 0 Å². The van der Waals surface area contributed by atoms with Gasteiger partial charge >= 0.3 is 0 Å². The van der Waals surface area contributed by atoms with Crippen LogP contribution in [0.15, 0.2) is 34.5 Å². The van der Waals surface area contributed by atoms with E-state index < -0.39 is 4.92 Å². The molecule has 2 rings (SSSR count). The van der Waals surface area contributed by atoms with Gasteiger partial charge in [0, 0.05) is 23.2 Å². The molecule has 1 fully saturated rings. The van der Waals surface area contributed by atoms with Crippen LogP contribution in [0.5, 0.6) is 0 Å². The number of hydrogen-bond acceptors (Lipinski definition) is 6. The van der Waals surface area contributed by atoms with Crippen LogP contribution in [-0.2, 0) is 4.79 Å². The molecule has 1 unspecified atom stereocenters. The molecule has 0 aliphatic carbocycles. The Labute approximate surface area is 138 Å². The first kappa shape index (κ1) is 17.1. The van der Waals surface area contributed by atoms with Gasteiger partial charge in [-0.05, 0) is 27.7 Å². The van der Waals surface area contributed by atoms with Crippen LogP contribution in [0.2, 0.25) is 0 Å². The molecule has 1 aromatic rings. The molecule has 23 heavy (non-hydrogen) atoms. The van der Waals surface area contributed by atoms with Gasteiger partial charge in [-0.2, -0.15) is 5.10 Å². The monoisotopic (exact) mass is 334 g/mol. The summed E-state index contributed by atoms with van der Waals surface area (Å²) in [6.07, 6.45) is 1.44. The van der Waals surface area contributed by atoms with Crippen molar-refractivity contribution < 1.29 is 9.72 Å². The third-order valence-corrected chi connectivity index (χ3v) is 4.17. The summed E-state index contributed by atoms with van der Waals surface area (Å²) in [6, 6.07) is 6.12. The zero-order valence-corrected chi connectivity index (χ0v) is 14.2. The molecule has 0 saturated carbocycles. The summed E-state index contributed by atoms with van der Waals surface area (Å²) < 4.78 is 0. The Morgan fingerprint density at radius 1 is 1.39 bits per heavy atom. The highest BCUT2D eigenvalue weighted by atomic mass is 32.2. The zero-order chi connectivity index (χ0) is 17.2. The van der Waals surface area contributed by atoms with Crippen LogP contribution in [0.3, 0.4) is 0 Å². The van der Waals surface area contributed by atoms with Crippen molar-refractivity contribution in [2.24, 2.45) is 10.2 Å². The van der Waals surface area contributed by atoms with Crippen LogP contribution in [0, 0.1) is 10.1 Å². The molecule has 1 amide bonds. The second-order valence-corrected chi connectivity index (χ2v) is 7.39. The van der Waals surface area contributed by atoms with E-state index in [4.69, 9.17) is 0 Å². The first-order valence-corrected chi connectivity index (χ1v) is 7.94. The highest BCUT2D eigenvalue weighted by molar-refractivity contribution is 8.15. The normalized spacial score (nSPS) is 20.7. The minimum absolute atomic E-state index is 0.00281. The number of carbonyl (C=O) groups excluding carboxylic acids is 1. The lowest BCUT2D eigenvalue weighted by Crippen LogP contribution is -2.45. The van der Waals surface area contributed by atoms with Crippen molar-refractivity contribution in [3.8, 4) is 0 Å². The van der Waals surface area contributed by atoms with Gasteiger partial charge in [0.15, 0.2) is 5.17 Å². The SMILES string of the molecule is CC1SC(=NN=Cc2cccc([N+](=O)[O-])c2)N(C(C)(C)C)C1=O. The van der Waals surface area contributed by atoms with Gasteiger partial charge in [-0.25, -0.2) is 0 Å². The summed E-state index contributed by atoms with van der Waals surface area (Å²) in [6.45, 7) is 7.63. The molecule has 1 aromatic carbocycles. The second kappa shape index (κ2) is 6.49. The Morgan fingerprint density at radius 2 is 2.09 bits per heavy atom. The fourth-order valence-corrected chi connectivity index (χ4v) is 3.17. The average Bonchev–Trinajstić information content (AvgIpc) is 2.74. The second-order valence-electron chi connectivity index (χ2n) is 6.08. The highest BCUT2D eigenvalue weighted by Crippen LogP contribution is 2.32. The number of hydrogen-bond donors (Lipinski definition) is 0. The number of thioether (sulfide) groups is 1. The van der Waals surface area contributed by atoms with E-state index in [0.717, 1.165) is 0 Å². The maximum atomic E-state index is 12.2. The molecule has 8 heteroatoms. The predicted octanol–water partition coefficient (Wildman–Crippen LogP) is 3.05. The maximum Gasteiger partial charge on any atom is 0.270 e. The molecular weight excluding hydrogens is 316 g/mol. The first-order chi connectivity index (χ1) is 10.7. The van der Waals surface area contributed by atoms with Crippen LogP contribution in [0.1, 0.15) is 33.3 Å². The van der Waals surface area contributed by atoms with Crippen molar-refractivity contribution in [2.75, 3.05) is 0 Å². The number of rotatable bonds is 3. The number of non-ortho nitro benzene ring substituents is 1. The average molecular weight is 334 g/mol. The zero-order valence-electron chi connectivity index (χ0n) is 13.4. The summed E-state index contributed by atoms with van der Waals surface area (Å²) in [5.74, 6) is 0.00630. The van der Waals surface area contributed by atoms with Crippen molar-refractivity contribution in [3.05, 3.63) is 39.9 Å². The lowest BCUT2D eigenvalue weighted by atomic mass is 10.1. The molecule has 0 bridgehead atoms. The van der Waals surface area contributed by atoms with Gasteiger partial charge in [0.1, 0.15) is 0 Å². The van der Waals surface area contributed by atoms with Gasteiger partial charge in [0.05, 0.1) is 16.4 Å². The summed E-state index contributed by atoms with van der Waals surface area (Å²) in [5, 5.41) is 19.2. The summed E-state index contributed by atoms with van der Waals surface area (Å²) >= 11 is 1.36. The van der Waals surface area contributed by atoms with Crippen LogP contribution in [0.25, 0.3) is 0 Å². The van der Waals surface area contributed by atoms with E-state index in [2.05, 4.69) is 10.2 Å². The van der Waals surface area contributed by atoms with Gasteiger partial charge in [-0.3, -0.25) is 19.8 Å². The van der Waals surface area contributed by atoms with Crippen molar-refractivity contribution in [3.63, 3.8) is 0 Å². The van der Waals surface area contributed by atoms with Gasteiger partial charge in [-0.15, -0.1) is 5.10 Å². The summed E-state index contributed by atoms with van der Waals surface area (Å²) in [4.78, 5) is 24.1. The van der Waals surface area contributed by atoms with E-state index in [0.29, 0.717) is 10.7 Å². The molecule has 1 saturated heterocycles. The number of carbonyl (C=O) groups is 1. The minimum atomic E-state index is -0.461. The van der Waals surface area contributed by atoms with Gasteiger partial charge in [0.25, 0.3) is 5.69 Å². The molecule has 1 atom stereocenters. The van der Waals surface area contributed by atoms with Crippen LogP contribution >= 0.6 is 11.8 Å². The van der Waals surface area contributed by atoms with Crippen LogP contribution < -0.4 is 0 Å². The van der Waals surface area contributed by atoms with Gasteiger partial charge < -0.3 is 0 Å². The molecule has 0 radical (unpaired) electrons. The molecule has 1 aliphatic rings. The number of nitro benzene ring substituents is 1. The van der Waals surface area contributed by atoms with Gasteiger partial charge in [0.2, 0.25) is 5.91 Å². The fraction of sp³-hybridized carbons (Fsp3) is 0.400. The van der Waals surface area contributed by atoms with Crippen molar-refractivity contribution in [2.45, 2.75) is 38.5 Å². The first-order valence-electron chi connectivity index (χ1n) is 7.06. The van der Waals surface area contributed by atoms with Crippen molar-refractivity contribution in [1.82, 2.24) is 4.90 Å². The molecule has 122 valence electrons. The van der Waals surface area contributed by atoms with Crippen LogP contribution in [-0.4, -0.2) is 37.9 Å². The maximum absolute atomic E-state index is 12.2. The lowest BCUT2D eigenvalue weighted by molar-refractivity contribution is -0.384. The van der Waals surface area contributed by atoms with Gasteiger partial charge in [-0.1, -0.05) is 23.9 Å². The smallest absolute Gasteiger partial charge is 0.270 e. The van der Waals surface area contributed by atoms with Crippen LogP contribution in [0.4, 0.5) is 5.69 Å². The fourth-order valence-electron chi connectivity index (χ4n) is 2.09. The Morgan fingerprint density at radius 3 is 2.70 bits per heavy atom. The number of amidine groups is 1. The number of nitrogens with zero attached hydrogens (tertiary/aromatic N) is 4. The van der Waals surface area contributed by atoms with E-state index in [-0.39, 0.29) is 22.4 Å². The lowest BCUT2D eigenvalue weighted by Gasteiger charge is -2.30. The third kappa shape index (κ3) is 3.95. The number of amides is 1. The molecule has 1 aliphatic heterocycles. The molecule has 1 heterocycles. The summed E-state index contributed by atoms with van der Waals surface area (Å²) in [7, 11) is 0.